The number of hydrogen-bond acceptors (Lipinski definition) is 9. The van der Waals surface area contributed by atoms with E-state index in [0.717, 1.165) is 77.0 Å². The molecule has 0 atom stereocenters. The molecule has 516 valence electrons. The first-order chi connectivity index (χ1) is 44.3. The number of ether oxygens (including phenoxy) is 4. The SMILES string of the molecule is CCCCCCCCCCCCCCCCOC(=O)c1cc(C(=O)c2ccccc2)c(C(=O)OCCCCCCCCCCCCCCCC)c(C(=O)OCCCCCCCCCCCCCCCC)c1C(=O)OCCCCCCCCCCCCCCCC. The second kappa shape index (κ2) is 61.2. The Balaban J connectivity index is 2.36. The number of benzene rings is 2. The molecule has 2 aromatic carbocycles. The van der Waals surface area contributed by atoms with Gasteiger partial charge in [0, 0.05) is 11.1 Å². The van der Waals surface area contributed by atoms with E-state index in [2.05, 4.69) is 27.7 Å². The lowest BCUT2D eigenvalue weighted by molar-refractivity contribution is 0.0414. The monoisotopic (exact) mass is 1260 g/mol. The Kier molecular flexibility index (Phi) is 55.8. The topological polar surface area (TPSA) is 122 Å². The molecule has 0 aliphatic heterocycles. The lowest BCUT2D eigenvalue weighted by atomic mass is 9.87. The number of unbranched alkanes of at least 4 members (excludes halogenated alkanes) is 52. The van der Waals surface area contributed by atoms with Gasteiger partial charge in [0.25, 0.3) is 0 Å². The summed E-state index contributed by atoms with van der Waals surface area (Å²) in [7, 11) is 0. The molecule has 0 fully saturated rings. The molecule has 0 heterocycles. The van der Waals surface area contributed by atoms with Crippen LogP contribution in [0.5, 0.6) is 0 Å². The van der Waals surface area contributed by atoms with E-state index in [4.69, 9.17) is 18.9 Å². The Morgan fingerprint density at radius 3 is 0.678 bits per heavy atom. The van der Waals surface area contributed by atoms with Gasteiger partial charge in [-0.2, -0.15) is 0 Å². The molecule has 2 rings (SSSR count). The van der Waals surface area contributed by atoms with Crippen LogP contribution in [0.25, 0.3) is 0 Å². The van der Waals surface area contributed by atoms with E-state index in [-0.39, 0.29) is 48.7 Å². The zero-order chi connectivity index (χ0) is 64.8. The zero-order valence-electron chi connectivity index (χ0n) is 59.1. The Hall–Kier alpha value is -4.01. The number of rotatable bonds is 66. The number of hydrogen-bond donors (Lipinski definition) is 0. The third-order valence-corrected chi connectivity index (χ3v) is 18.4. The molecule has 0 aromatic heterocycles. The summed E-state index contributed by atoms with van der Waals surface area (Å²) < 4.78 is 24.0. The van der Waals surface area contributed by atoms with Crippen LogP contribution in [0.1, 0.15) is 445 Å². The van der Waals surface area contributed by atoms with Gasteiger partial charge in [0.05, 0.1) is 48.7 Å². The molecule has 0 saturated heterocycles. The standard InChI is InChI=1S/C81H138O9/c1-5-9-13-17-21-25-29-33-37-41-45-49-53-60-66-87-78(83)73-70-72(77(82)71-64-58-57-59-65-71)74(79(84)88-67-61-54-50-46-42-38-34-30-26-22-18-14-10-6-2)76(81(86)90-69-63-56-52-48-44-40-36-32-28-24-20-16-12-8-4)75(73)80(85)89-68-62-55-51-47-43-39-35-31-27-23-19-15-11-7-3/h57-59,64-65,70H,5-56,60-63,66-69H2,1-4H3. The Labute approximate surface area is 553 Å². The molecule has 0 amide bonds. The maximum Gasteiger partial charge on any atom is 0.339 e. The first-order valence-electron chi connectivity index (χ1n) is 38.8. The summed E-state index contributed by atoms with van der Waals surface area (Å²) in [5.41, 5.74) is -1.53. The van der Waals surface area contributed by atoms with E-state index in [9.17, 15) is 24.0 Å². The summed E-state index contributed by atoms with van der Waals surface area (Å²) in [4.78, 5) is 74.0. The Bertz CT molecular complexity index is 2030. The van der Waals surface area contributed by atoms with Crippen LogP contribution in [-0.4, -0.2) is 56.1 Å². The molecule has 0 aliphatic carbocycles. The summed E-state index contributed by atoms with van der Waals surface area (Å²) in [6.45, 7) is 9.28. The van der Waals surface area contributed by atoms with Crippen LogP contribution in [0.2, 0.25) is 0 Å². The third-order valence-electron chi connectivity index (χ3n) is 18.4. The molecule has 0 unspecified atom stereocenters. The van der Waals surface area contributed by atoms with Gasteiger partial charge in [0.1, 0.15) is 0 Å². The van der Waals surface area contributed by atoms with E-state index in [0.29, 0.717) is 25.7 Å². The fraction of sp³-hybridized carbons (Fsp3) is 0.790. The van der Waals surface area contributed by atoms with Crippen LogP contribution in [0, 0.1) is 0 Å². The maximum absolute atomic E-state index is 14.9. The van der Waals surface area contributed by atoms with Crippen molar-refractivity contribution in [2.45, 2.75) is 387 Å². The van der Waals surface area contributed by atoms with Crippen molar-refractivity contribution in [1.29, 1.82) is 0 Å². The summed E-state index contributed by atoms with van der Waals surface area (Å²) in [6.07, 6.45) is 66.1. The first-order valence-corrected chi connectivity index (χ1v) is 38.8. The van der Waals surface area contributed by atoms with Crippen LogP contribution in [0.3, 0.4) is 0 Å². The third kappa shape index (κ3) is 43.0. The second-order valence-electron chi connectivity index (χ2n) is 26.7. The van der Waals surface area contributed by atoms with E-state index in [1.807, 2.05) is 0 Å². The molecule has 0 spiro atoms. The van der Waals surface area contributed by atoms with E-state index < -0.39 is 40.8 Å². The quantitative estimate of drug-likeness (QED) is 0.0276. The zero-order valence-corrected chi connectivity index (χ0v) is 59.1. The molecule has 0 radical (unpaired) electrons. The van der Waals surface area contributed by atoms with Gasteiger partial charge in [0.15, 0.2) is 5.78 Å². The lowest BCUT2D eigenvalue weighted by Gasteiger charge is -2.20. The van der Waals surface area contributed by atoms with Gasteiger partial charge >= 0.3 is 23.9 Å². The van der Waals surface area contributed by atoms with Crippen molar-refractivity contribution in [1.82, 2.24) is 0 Å². The number of carbonyl (C=O) groups is 5. The van der Waals surface area contributed by atoms with Crippen LogP contribution in [0.4, 0.5) is 0 Å². The van der Waals surface area contributed by atoms with Crippen molar-refractivity contribution in [2.75, 3.05) is 26.4 Å². The fourth-order valence-electron chi connectivity index (χ4n) is 12.5. The molecule has 0 saturated carbocycles. The van der Waals surface area contributed by atoms with Crippen molar-refractivity contribution >= 4 is 29.7 Å². The summed E-state index contributed by atoms with van der Waals surface area (Å²) in [5, 5.41) is 0. The van der Waals surface area contributed by atoms with Crippen LogP contribution in [0.15, 0.2) is 36.4 Å². The Morgan fingerprint density at radius 2 is 0.433 bits per heavy atom. The largest absolute Gasteiger partial charge is 0.462 e. The van der Waals surface area contributed by atoms with Gasteiger partial charge in [-0.05, 0) is 31.7 Å². The van der Waals surface area contributed by atoms with Gasteiger partial charge in [-0.3, -0.25) is 4.79 Å². The highest BCUT2D eigenvalue weighted by atomic mass is 16.5. The van der Waals surface area contributed by atoms with Gasteiger partial charge in [-0.1, -0.05) is 392 Å². The number of ketones is 1. The highest BCUT2D eigenvalue weighted by molar-refractivity contribution is 6.22. The van der Waals surface area contributed by atoms with Crippen molar-refractivity contribution in [2.24, 2.45) is 0 Å². The molecular formula is C81H138O9. The van der Waals surface area contributed by atoms with Crippen molar-refractivity contribution < 1.29 is 42.9 Å². The lowest BCUT2D eigenvalue weighted by Crippen LogP contribution is -2.27. The average Bonchev–Trinajstić information content (AvgIpc) is 1.17. The van der Waals surface area contributed by atoms with E-state index >= 15 is 0 Å². The first kappa shape index (κ1) is 82.1. The predicted octanol–water partition coefficient (Wildman–Crippen LogP) is 25.5. The summed E-state index contributed by atoms with van der Waals surface area (Å²) >= 11 is 0. The summed E-state index contributed by atoms with van der Waals surface area (Å²) in [5.74, 6) is -4.28. The minimum Gasteiger partial charge on any atom is -0.462 e. The van der Waals surface area contributed by atoms with Crippen LogP contribution in [-0.2, 0) is 18.9 Å². The van der Waals surface area contributed by atoms with Crippen LogP contribution < -0.4 is 0 Å². The second-order valence-corrected chi connectivity index (χ2v) is 26.7. The molecule has 0 aliphatic rings. The van der Waals surface area contributed by atoms with Crippen molar-refractivity contribution in [3.8, 4) is 0 Å². The van der Waals surface area contributed by atoms with Gasteiger partial charge in [-0.25, -0.2) is 19.2 Å². The average molecular weight is 1260 g/mol. The van der Waals surface area contributed by atoms with Crippen molar-refractivity contribution in [3.05, 3.63) is 69.8 Å². The molecular weight excluding hydrogens is 1120 g/mol. The molecule has 0 bridgehead atoms. The number of esters is 4. The highest BCUT2D eigenvalue weighted by Gasteiger charge is 2.37. The fourth-order valence-corrected chi connectivity index (χ4v) is 12.5. The van der Waals surface area contributed by atoms with E-state index in [1.165, 1.54) is 263 Å². The maximum atomic E-state index is 14.9. The Morgan fingerprint density at radius 1 is 0.233 bits per heavy atom. The molecule has 9 nitrogen and oxygen atoms in total. The van der Waals surface area contributed by atoms with Gasteiger partial charge in [-0.15, -0.1) is 0 Å². The van der Waals surface area contributed by atoms with Gasteiger partial charge < -0.3 is 18.9 Å². The predicted molar refractivity (Wildman–Crippen MR) is 379 cm³/mol. The van der Waals surface area contributed by atoms with Gasteiger partial charge in [0.2, 0.25) is 0 Å². The summed E-state index contributed by atoms with van der Waals surface area (Å²) in [6, 6.07) is 9.76. The van der Waals surface area contributed by atoms with Crippen LogP contribution >= 0.6 is 0 Å². The van der Waals surface area contributed by atoms with E-state index in [1.54, 1.807) is 30.3 Å². The minimum absolute atomic E-state index is 0.0354. The smallest absolute Gasteiger partial charge is 0.339 e. The molecule has 2 aromatic rings. The molecule has 0 N–H and O–H groups in total. The molecule has 9 heteroatoms. The van der Waals surface area contributed by atoms with Crippen molar-refractivity contribution in [3.63, 3.8) is 0 Å². The normalized spacial score (nSPS) is 11.3. The number of carbonyl (C=O) groups excluding carboxylic acids is 5. The molecule has 90 heavy (non-hydrogen) atoms. The highest BCUT2D eigenvalue weighted by Crippen LogP contribution is 2.31. The minimum atomic E-state index is -0.972.